The number of allylic oxidation sites excluding steroid dienone is 18. The summed E-state index contributed by atoms with van der Waals surface area (Å²) in [5, 5.41) is 0. The van der Waals surface area contributed by atoms with E-state index in [1.54, 1.807) is 0 Å². The molecule has 4 aromatic rings. The SMILES string of the molecule is C1=CCC(c2cnc(-c3ccc(C4=CCC(c5nc(C6=CCCC=C6)nc(C6C=CC(C7C=CC=CC7)CC6)n5)C=C4)cc3)cc2-c2ccccc2)C=C1. The van der Waals surface area contributed by atoms with Gasteiger partial charge in [-0.3, -0.25) is 4.98 Å². The third-order valence-corrected chi connectivity index (χ3v) is 11.6. The minimum absolute atomic E-state index is 0.106. The predicted octanol–water partition coefficient (Wildman–Crippen LogP) is 12.2. The van der Waals surface area contributed by atoms with Gasteiger partial charge in [-0.25, -0.2) is 15.0 Å². The van der Waals surface area contributed by atoms with Crippen LogP contribution in [-0.4, -0.2) is 19.9 Å². The molecule has 0 radical (unpaired) electrons. The quantitative estimate of drug-likeness (QED) is 0.172. The minimum atomic E-state index is 0.106. The summed E-state index contributed by atoms with van der Waals surface area (Å²) in [7, 11) is 0. The zero-order chi connectivity index (χ0) is 36.1. The van der Waals surface area contributed by atoms with E-state index >= 15 is 0 Å². The van der Waals surface area contributed by atoms with Crippen molar-refractivity contribution in [2.24, 2.45) is 11.8 Å². The lowest BCUT2D eigenvalue weighted by Gasteiger charge is -2.28. The zero-order valence-corrected chi connectivity index (χ0v) is 30.7. The van der Waals surface area contributed by atoms with Crippen LogP contribution in [0.5, 0.6) is 0 Å². The van der Waals surface area contributed by atoms with E-state index in [9.17, 15) is 0 Å². The summed E-state index contributed by atoms with van der Waals surface area (Å²) in [4.78, 5) is 20.3. The minimum Gasteiger partial charge on any atom is -0.256 e. The van der Waals surface area contributed by atoms with Gasteiger partial charge < -0.3 is 0 Å². The van der Waals surface area contributed by atoms with Crippen molar-refractivity contribution in [1.29, 1.82) is 0 Å². The molecular formula is C50H46N4. The molecule has 2 aromatic carbocycles. The highest BCUT2D eigenvalue weighted by atomic mass is 15.0. The summed E-state index contributed by atoms with van der Waals surface area (Å²) in [5.41, 5.74) is 9.39. The Morgan fingerprint density at radius 1 is 0.519 bits per heavy atom. The first-order valence-corrected chi connectivity index (χ1v) is 19.8. The standard InChI is InChI=1S/C50H46N4/c1-5-13-35(14-6-1)36-23-29-43(30-24-36)49-52-48(42-19-11-4-12-20-42)53-50(54-49)44-31-25-38(26-32-44)37-21-27-41(28-22-37)47-33-45(39-15-7-2-8-16-39)46(34-51-47)40-17-9-3-10-18-40/h1-3,5-11,13,15-17,19-23,25-29,31,33-36,40,43-44H,4,12,14,18,24,30,32H2. The topological polar surface area (TPSA) is 51.6 Å². The lowest BCUT2D eigenvalue weighted by molar-refractivity contribution is 0.403. The van der Waals surface area contributed by atoms with E-state index in [-0.39, 0.29) is 11.8 Å². The highest BCUT2D eigenvalue weighted by molar-refractivity contribution is 5.78. The Morgan fingerprint density at radius 2 is 1.33 bits per heavy atom. The summed E-state index contributed by atoms with van der Waals surface area (Å²) in [6.07, 6.45) is 45.5. The van der Waals surface area contributed by atoms with Gasteiger partial charge in [0.15, 0.2) is 5.82 Å². The molecule has 0 N–H and O–H groups in total. The average Bonchev–Trinajstić information content (AvgIpc) is 3.27. The van der Waals surface area contributed by atoms with Crippen molar-refractivity contribution in [1.82, 2.24) is 19.9 Å². The van der Waals surface area contributed by atoms with Gasteiger partial charge in [0, 0.05) is 35.1 Å². The fourth-order valence-electron chi connectivity index (χ4n) is 8.44. The van der Waals surface area contributed by atoms with Crippen LogP contribution in [0.2, 0.25) is 0 Å². The van der Waals surface area contributed by atoms with Gasteiger partial charge in [0.2, 0.25) is 0 Å². The van der Waals surface area contributed by atoms with Gasteiger partial charge in [0.05, 0.1) is 5.69 Å². The van der Waals surface area contributed by atoms with Gasteiger partial charge in [-0.2, -0.15) is 0 Å². The lowest BCUT2D eigenvalue weighted by atomic mass is 9.78. The van der Waals surface area contributed by atoms with E-state index in [1.165, 1.54) is 27.8 Å². The first-order valence-electron chi connectivity index (χ1n) is 19.8. The Hall–Kier alpha value is -5.74. The van der Waals surface area contributed by atoms with Crippen LogP contribution in [0.25, 0.3) is 33.5 Å². The molecule has 2 heterocycles. The maximum Gasteiger partial charge on any atom is 0.163 e. The molecule has 0 bridgehead atoms. The van der Waals surface area contributed by atoms with Crippen molar-refractivity contribution >= 4 is 11.1 Å². The Kier molecular flexibility index (Phi) is 9.90. The van der Waals surface area contributed by atoms with Gasteiger partial charge in [0.25, 0.3) is 0 Å². The molecule has 5 aliphatic carbocycles. The number of hydrogen-bond acceptors (Lipinski definition) is 4. The largest absolute Gasteiger partial charge is 0.256 e. The molecule has 9 rings (SSSR count). The first-order chi connectivity index (χ1) is 26.7. The summed E-state index contributed by atoms with van der Waals surface area (Å²) in [6.45, 7) is 0. The van der Waals surface area contributed by atoms with Crippen molar-refractivity contribution in [3.05, 3.63) is 193 Å². The number of benzene rings is 2. The molecule has 54 heavy (non-hydrogen) atoms. The molecule has 5 aliphatic rings. The molecule has 0 fully saturated rings. The second-order valence-electron chi connectivity index (χ2n) is 15.1. The molecule has 2 aromatic heterocycles. The molecule has 266 valence electrons. The maximum atomic E-state index is 5.18. The molecule has 0 saturated carbocycles. The fraction of sp³-hybridized carbons (Fsp3) is 0.240. The number of hydrogen-bond donors (Lipinski definition) is 0. The molecule has 5 atom stereocenters. The van der Waals surface area contributed by atoms with Crippen LogP contribution in [0.3, 0.4) is 0 Å². The van der Waals surface area contributed by atoms with Crippen LogP contribution in [-0.2, 0) is 0 Å². The van der Waals surface area contributed by atoms with E-state index in [4.69, 9.17) is 19.9 Å². The summed E-state index contributed by atoms with van der Waals surface area (Å²) < 4.78 is 0. The van der Waals surface area contributed by atoms with E-state index in [0.717, 1.165) is 79.2 Å². The van der Waals surface area contributed by atoms with Crippen LogP contribution in [0.4, 0.5) is 0 Å². The van der Waals surface area contributed by atoms with Crippen molar-refractivity contribution in [3.8, 4) is 22.4 Å². The smallest absolute Gasteiger partial charge is 0.163 e. The second kappa shape index (κ2) is 15.7. The van der Waals surface area contributed by atoms with Crippen LogP contribution < -0.4 is 0 Å². The molecule has 5 unspecified atom stereocenters. The number of rotatable bonds is 8. The van der Waals surface area contributed by atoms with E-state index in [1.807, 2.05) is 0 Å². The zero-order valence-electron chi connectivity index (χ0n) is 30.7. The average molecular weight is 703 g/mol. The second-order valence-corrected chi connectivity index (χ2v) is 15.1. The number of aromatic nitrogens is 4. The molecule has 0 saturated heterocycles. The van der Waals surface area contributed by atoms with E-state index < -0.39 is 0 Å². The Morgan fingerprint density at radius 3 is 2.04 bits per heavy atom. The van der Waals surface area contributed by atoms with Gasteiger partial charge in [-0.1, -0.05) is 152 Å². The fourth-order valence-corrected chi connectivity index (χ4v) is 8.44. The Balaban J connectivity index is 0.939. The summed E-state index contributed by atoms with van der Waals surface area (Å²) in [6, 6.07) is 21.8. The molecule has 0 amide bonds. The van der Waals surface area contributed by atoms with Crippen molar-refractivity contribution in [2.45, 2.75) is 62.7 Å². The molecule has 4 nitrogen and oxygen atoms in total. The van der Waals surface area contributed by atoms with E-state index in [2.05, 4.69) is 164 Å². The highest BCUT2D eigenvalue weighted by Gasteiger charge is 2.27. The van der Waals surface area contributed by atoms with Gasteiger partial charge in [-0.15, -0.1) is 0 Å². The predicted molar refractivity (Wildman–Crippen MR) is 222 cm³/mol. The van der Waals surface area contributed by atoms with Crippen molar-refractivity contribution in [3.63, 3.8) is 0 Å². The summed E-state index contributed by atoms with van der Waals surface area (Å²) >= 11 is 0. The van der Waals surface area contributed by atoms with Gasteiger partial charge in [-0.05, 0) is 90.7 Å². The third-order valence-electron chi connectivity index (χ3n) is 11.6. The maximum absolute atomic E-state index is 5.18. The van der Waals surface area contributed by atoms with Crippen molar-refractivity contribution < 1.29 is 0 Å². The Labute approximate surface area is 319 Å². The van der Waals surface area contributed by atoms with Crippen LogP contribution in [0.15, 0.2) is 164 Å². The van der Waals surface area contributed by atoms with Gasteiger partial charge >= 0.3 is 0 Å². The molecule has 0 spiro atoms. The van der Waals surface area contributed by atoms with E-state index in [0.29, 0.717) is 17.8 Å². The third kappa shape index (κ3) is 7.39. The number of pyridine rings is 1. The molecule has 4 heteroatoms. The van der Waals surface area contributed by atoms with Crippen molar-refractivity contribution in [2.75, 3.05) is 0 Å². The lowest BCUT2D eigenvalue weighted by Crippen LogP contribution is -2.19. The first kappa shape index (κ1) is 34.1. The van der Waals surface area contributed by atoms with Crippen LogP contribution in [0, 0.1) is 11.8 Å². The Bertz CT molecular complexity index is 2280. The number of nitrogens with zero attached hydrogens (tertiary/aromatic N) is 4. The summed E-state index contributed by atoms with van der Waals surface area (Å²) in [5.74, 6) is 4.42. The molecule has 0 aliphatic heterocycles. The van der Waals surface area contributed by atoms with Crippen LogP contribution in [0.1, 0.15) is 91.3 Å². The van der Waals surface area contributed by atoms with Gasteiger partial charge in [0.1, 0.15) is 11.6 Å². The highest BCUT2D eigenvalue weighted by Crippen LogP contribution is 2.38. The monoisotopic (exact) mass is 702 g/mol. The van der Waals surface area contributed by atoms with Crippen LogP contribution >= 0.6 is 0 Å². The normalized spacial score (nSPS) is 24.4. The molecular weight excluding hydrogens is 657 g/mol.